The smallest absolute Gasteiger partial charge is 0.0415 e. The van der Waals surface area contributed by atoms with Gasteiger partial charge in [0, 0.05) is 31.4 Å². The molecule has 0 aromatic rings. The average molecular weight is 152 g/mol. The van der Waals surface area contributed by atoms with Gasteiger partial charge < -0.3 is 4.90 Å². The number of rotatable bonds is 0. The second-order valence-corrected chi connectivity index (χ2v) is 3.75. The highest BCUT2D eigenvalue weighted by atomic mass is 15.3. The summed E-state index contributed by atoms with van der Waals surface area (Å²) >= 11 is 0. The Morgan fingerprint density at radius 1 is 1.55 bits per heavy atom. The molecule has 2 saturated heterocycles. The van der Waals surface area contributed by atoms with Crippen molar-refractivity contribution in [1.29, 1.82) is 0 Å². The van der Waals surface area contributed by atoms with E-state index in [9.17, 15) is 0 Å². The Morgan fingerprint density at radius 2 is 2.36 bits per heavy atom. The van der Waals surface area contributed by atoms with E-state index in [4.69, 9.17) is 0 Å². The fourth-order valence-electron chi connectivity index (χ4n) is 2.27. The summed E-state index contributed by atoms with van der Waals surface area (Å²) in [4.78, 5) is 4.86. The van der Waals surface area contributed by atoms with Crippen molar-refractivity contribution in [2.45, 2.75) is 18.9 Å². The van der Waals surface area contributed by atoms with Crippen molar-refractivity contribution < 1.29 is 0 Å². The lowest BCUT2D eigenvalue weighted by molar-refractivity contribution is 0.171. The predicted molar refractivity (Wildman–Crippen MR) is 46.4 cm³/mol. The molecule has 0 saturated carbocycles. The molecule has 2 fully saturated rings. The van der Waals surface area contributed by atoms with E-state index < -0.39 is 0 Å². The van der Waals surface area contributed by atoms with Crippen LogP contribution < -0.4 is 0 Å². The molecule has 1 atom stereocenters. The van der Waals surface area contributed by atoms with Gasteiger partial charge in [0.15, 0.2) is 0 Å². The van der Waals surface area contributed by atoms with Gasteiger partial charge in [-0.05, 0) is 19.9 Å². The molecule has 0 amide bonds. The van der Waals surface area contributed by atoms with Gasteiger partial charge in [0.25, 0.3) is 0 Å². The van der Waals surface area contributed by atoms with Gasteiger partial charge in [0.1, 0.15) is 0 Å². The van der Waals surface area contributed by atoms with Crippen molar-refractivity contribution in [2.75, 3.05) is 26.7 Å². The maximum absolute atomic E-state index is 4.09. The van der Waals surface area contributed by atoms with E-state index in [1.54, 1.807) is 0 Å². The van der Waals surface area contributed by atoms with Crippen molar-refractivity contribution in [3.8, 4) is 0 Å². The number of piperazine rings is 1. The molecule has 0 N–H and O–H groups in total. The quantitative estimate of drug-likeness (QED) is 0.509. The number of hydrogen-bond donors (Lipinski definition) is 0. The van der Waals surface area contributed by atoms with Crippen LogP contribution in [-0.2, 0) is 0 Å². The predicted octanol–water partition coefficient (Wildman–Crippen LogP) is 0.910. The highest BCUT2D eigenvalue weighted by Gasteiger charge is 2.30. The molecule has 11 heavy (non-hydrogen) atoms. The van der Waals surface area contributed by atoms with Gasteiger partial charge in [-0.15, -0.1) is 0 Å². The Morgan fingerprint density at radius 3 is 3.18 bits per heavy atom. The SMILES string of the molecule is C=C1CN(C)CC2CCCN12. The molecule has 0 bridgehead atoms. The van der Waals surface area contributed by atoms with Gasteiger partial charge in [-0.1, -0.05) is 6.58 Å². The molecule has 0 aromatic carbocycles. The van der Waals surface area contributed by atoms with Gasteiger partial charge in [-0.2, -0.15) is 0 Å². The van der Waals surface area contributed by atoms with Crippen LogP contribution in [0.2, 0.25) is 0 Å². The molecule has 2 rings (SSSR count). The van der Waals surface area contributed by atoms with E-state index in [0.29, 0.717) is 0 Å². The fraction of sp³-hybridized carbons (Fsp3) is 0.778. The van der Waals surface area contributed by atoms with Crippen molar-refractivity contribution in [2.24, 2.45) is 0 Å². The maximum Gasteiger partial charge on any atom is 0.0415 e. The highest BCUT2D eigenvalue weighted by molar-refractivity contribution is 5.06. The maximum atomic E-state index is 4.09. The topological polar surface area (TPSA) is 6.48 Å². The van der Waals surface area contributed by atoms with Gasteiger partial charge in [0.2, 0.25) is 0 Å². The number of fused-ring (bicyclic) bond motifs is 1. The summed E-state index contributed by atoms with van der Waals surface area (Å²) < 4.78 is 0. The van der Waals surface area contributed by atoms with Crippen molar-refractivity contribution in [3.63, 3.8) is 0 Å². The first-order chi connectivity index (χ1) is 5.27. The first-order valence-electron chi connectivity index (χ1n) is 4.40. The summed E-state index contributed by atoms with van der Waals surface area (Å²) in [6.45, 7) is 7.64. The molecule has 2 aliphatic rings. The zero-order valence-corrected chi connectivity index (χ0v) is 7.21. The first-order valence-corrected chi connectivity index (χ1v) is 4.40. The summed E-state index contributed by atoms with van der Waals surface area (Å²) in [6, 6.07) is 0.779. The van der Waals surface area contributed by atoms with Gasteiger partial charge in [-0.25, -0.2) is 0 Å². The third-order valence-electron chi connectivity index (χ3n) is 2.76. The van der Waals surface area contributed by atoms with Crippen LogP contribution in [-0.4, -0.2) is 42.5 Å². The summed E-state index contributed by atoms with van der Waals surface area (Å²) in [5.74, 6) is 0. The van der Waals surface area contributed by atoms with Crippen molar-refractivity contribution >= 4 is 0 Å². The van der Waals surface area contributed by atoms with Crippen molar-refractivity contribution in [1.82, 2.24) is 9.80 Å². The standard InChI is InChI=1S/C9H16N2/c1-8-6-10(2)7-9-4-3-5-11(8)9/h9H,1,3-7H2,2H3. The average Bonchev–Trinajstić information content (AvgIpc) is 2.34. The van der Waals surface area contributed by atoms with Crippen molar-refractivity contribution in [3.05, 3.63) is 12.3 Å². The van der Waals surface area contributed by atoms with Crippen LogP contribution in [0.25, 0.3) is 0 Å². The zero-order valence-electron chi connectivity index (χ0n) is 7.21. The molecule has 2 aliphatic heterocycles. The van der Waals surface area contributed by atoms with E-state index in [-0.39, 0.29) is 0 Å². The molecule has 0 aromatic heterocycles. The van der Waals surface area contributed by atoms with Crippen LogP contribution in [0, 0.1) is 0 Å². The van der Waals surface area contributed by atoms with Gasteiger partial charge in [0.05, 0.1) is 0 Å². The molecule has 2 heteroatoms. The molecule has 0 radical (unpaired) electrons. The lowest BCUT2D eigenvalue weighted by atomic mass is 10.1. The number of hydrogen-bond acceptors (Lipinski definition) is 2. The molecular formula is C9H16N2. The summed E-state index contributed by atoms with van der Waals surface area (Å²) in [7, 11) is 2.18. The highest BCUT2D eigenvalue weighted by Crippen LogP contribution is 2.25. The first kappa shape index (κ1) is 7.17. The normalized spacial score (nSPS) is 32.6. The minimum absolute atomic E-state index is 0.779. The van der Waals surface area contributed by atoms with Crippen LogP contribution in [0.4, 0.5) is 0 Å². The Kier molecular flexibility index (Phi) is 1.64. The minimum atomic E-state index is 0.779. The van der Waals surface area contributed by atoms with Crippen LogP contribution in [0.15, 0.2) is 12.3 Å². The fourth-order valence-corrected chi connectivity index (χ4v) is 2.27. The van der Waals surface area contributed by atoms with Gasteiger partial charge in [-0.3, -0.25) is 4.90 Å². The second-order valence-electron chi connectivity index (χ2n) is 3.75. The third kappa shape index (κ3) is 1.16. The Labute approximate surface area is 68.5 Å². The zero-order chi connectivity index (χ0) is 7.84. The molecule has 1 unspecified atom stereocenters. The van der Waals surface area contributed by atoms with Crippen LogP contribution in [0.1, 0.15) is 12.8 Å². The monoisotopic (exact) mass is 152 g/mol. The van der Waals surface area contributed by atoms with E-state index >= 15 is 0 Å². The molecule has 0 aliphatic carbocycles. The Hall–Kier alpha value is -0.500. The van der Waals surface area contributed by atoms with E-state index in [0.717, 1.165) is 12.6 Å². The number of nitrogens with zero attached hydrogens (tertiary/aromatic N) is 2. The lowest BCUT2D eigenvalue weighted by Gasteiger charge is -2.38. The Balaban J connectivity index is 2.10. The van der Waals surface area contributed by atoms with E-state index in [1.165, 1.54) is 31.6 Å². The Bertz CT molecular complexity index is 176. The number of likely N-dealkylation sites (N-methyl/N-ethyl adjacent to an activating group) is 1. The molecular weight excluding hydrogens is 136 g/mol. The second kappa shape index (κ2) is 2.52. The summed E-state index contributed by atoms with van der Waals surface area (Å²) in [5.41, 5.74) is 1.32. The third-order valence-corrected chi connectivity index (χ3v) is 2.76. The van der Waals surface area contributed by atoms with Crippen LogP contribution in [0.5, 0.6) is 0 Å². The van der Waals surface area contributed by atoms with Crippen LogP contribution in [0.3, 0.4) is 0 Å². The van der Waals surface area contributed by atoms with Crippen LogP contribution >= 0.6 is 0 Å². The van der Waals surface area contributed by atoms with E-state index in [1.807, 2.05) is 0 Å². The molecule has 62 valence electrons. The lowest BCUT2D eigenvalue weighted by Crippen LogP contribution is -2.46. The molecule has 2 heterocycles. The van der Waals surface area contributed by atoms with Gasteiger partial charge >= 0.3 is 0 Å². The largest absolute Gasteiger partial charge is 0.370 e. The minimum Gasteiger partial charge on any atom is -0.370 e. The molecule has 2 nitrogen and oxygen atoms in total. The summed E-state index contributed by atoms with van der Waals surface area (Å²) in [5, 5.41) is 0. The molecule has 0 spiro atoms. The summed E-state index contributed by atoms with van der Waals surface area (Å²) in [6.07, 6.45) is 2.72. The van der Waals surface area contributed by atoms with E-state index in [2.05, 4.69) is 23.4 Å².